The molecule has 100 valence electrons. The Morgan fingerprint density at radius 3 is 2.30 bits per heavy atom. The number of rotatable bonds is 6. The molecule has 3 nitrogen and oxygen atoms in total. The zero-order chi connectivity index (χ0) is 14.0. The Labute approximate surface area is 119 Å². The Kier molecular flexibility index (Phi) is 5.36. The first-order valence-electron chi connectivity index (χ1n) is 6.56. The fraction of sp³-hybridized carbons (Fsp3) is 0.176. The molecule has 0 aliphatic heterocycles. The van der Waals surface area contributed by atoms with Crippen molar-refractivity contribution in [3.05, 3.63) is 59.9 Å². The third-order valence-corrected chi connectivity index (χ3v) is 2.76. The molecule has 0 unspecified atom stereocenters. The van der Waals surface area contributed by atoms with E-state index >= 15 is 0 Å². The van der Waals surface area contributed by atoms with Crippen molar-refractivity contribution in [3.8, 4) is 11.8 Å². The van der Waals surface area contributed by atoms with E-state index in [4.69, 9.17) is 10.00 Å². The van der Waals surface area contributed by atoms with E-state index in [-0.39, 0.29) is 0 Å². The third-order valence-electron chi connectivity index (χ3n) is 2.76. The second-order valence-electron chi connectivity index (χ2n) is 4.29. The summed E-state index contributed by atoms with van der Waals surface area (Å²) in [6.07, 6.45) is 8.95. The molecular formula is C17H16N2O. The van der Waals surface area contributed by atoms with Gasteiger partial charge in [0.05, 0.1) is 12.7 Å². The Morgan fingerprint density at radius 2 is 1.65 bits per heavy atom. The number of aromatic nitrogens is 1. The van der Waals surface area contributed by atoms with Crippen molar-refractivity contribution in [3.63, 3.8) is 0 Å². The smallest absolute Gasteiger partial charge is 0.119 e. The number of nitrogens with zero attached hydrogens (tertiary/aromatic N) is 2. The summed E-state index contributed by atoms with van der Waals surface area (Å²) in [4.78, 5) is 3.98. The van der Waals surface area contributed by atoms with E-state index in [1.165, 1.54) is 0 Å². The summed E-state index contributed by atoms with van der Waals surface area (Å²) in [6.45, 7) is 0.583. The van der Waals surface area contributed by atoms with Crippen LogP contribution in [0.4, 0.5) is 0 Å². The standard InChI is InChI=1S/C17H16N2O/c18-11-1-2-14-20-17-7-5-15(6-8-17)3-4-16-9-12-19-13-10-16/h3-10,12-13H,1-2,14H2/b4-3+. The average molecular weight is 264 g/mol. The maximum Gasteiger partial charge on any atom is 0.119 e. The van der Waals surface area contributed by atoms with Gasteiger partial charge in [0.2, 0.25) is 0 Å². The first-order valence-corrected chi connectivity index (χ1v) is 6.56. The summed E-state index contributed by atoms with van der Waals surface area (Å²) in [7, 11) is 0. The van der Waals surface area contributed by atoms with Gasteiger partial charge in [0.15, 0.2) is 0 Å². The maximum atomic E-state index is 8.44. The molecule has 0 radical (unpaired) electrons. The van der Waals surface area contributed by atoms with Crippen LogP contribution in [0.1, 0.15) is 24.0 Å². The Morgan fingerprint density at radius 1 is 1.00 bits per heavy atom. The lowest BCUT2D eigenvalue weighted by atomic mass is 10.1. The molecule has 1 heterocycles. The SMILES string of the molecule is N#CCCCOc1ccc(/C=C/c2ccncc2)cc1. The quantitative estimate of drug-likeness (QED) is 0.742. The minimum atomic E-state index is 0.534. The highest BCUT2D eigenvalue weighted by Crippen LogP contribution is 2.14. The van der Waals surface area contributed by atoms with Crippen LogP contribution in [0.5, 0.6) is 5.75 Å². The molecule has 2 aromatic rings. The van der Waals surface area contributed by atoms with Crippen LogP contribution >= 0.6 is 0 Å². The van der Waals surface area contributed by atoms with Gasteiger partial charge in [-0.15, -0.1) is 0 Å². The van der Waals surface area contributed by atoms with Crippen LogP contribution in [0.25, 0.3) is 12.2 Å². The molecule has 3 heteroatoms. The first-order chi connectivity index (χ1) is 9.88. The van der Waals surface area contributed by atoms with E-state index in [0.29, 0.717) is 13.0 Å². The van der Waals surface area contributed by atoms with Gasteiger partial charge in [-0.2, -0.15) is 5.26 Å². The van der Waals surface area contributed by atoms with Gasteiger partial charge in [0, 0.05) is 18.8 Å². The van der Waals surface area contributed by atoms with Gasteiger partial charge in [-0.05, 0) is 41.8 Å². The lowest BCUT2D eigenvalue weighted by Gasteiger charge is -2.04. The van der Waals surface area contributed by atoms with Crippen LogP contribution in [-0.2, 0) is 0 Å². The molecular weight excluding hydrogens is 248 g/mol. The molecule has 0 atom stereocenters. The molecule has 0 saturated carbocycles. The van der Waals surface area contributed by atoms with Gasteiger partial charge in [0.1, 0.15) is 5.75 Å². The average Bonchev–Trinajstić information content (AvgIpc) is 2.52. The van der Waals surface area contributed by atoms with Crippen molar-refractivity contribution in [1.29, 1.82) is 5.26 Å². The number of hydrogen-bond donors (Lipinski definition) is 0. The third kappa shape index (κ3) is 4.58. The minimum Gasteiger partial charge on any atom is -0.494 e. The Bertz CT molecular complexity index is 583. The van der Waals surface area contributed by atoms with E-state index in [0.717, 1.165) is 23.3 Å². The zero-order valence-electron chi connectivity index (χ0n) is 11.2. The molecule has 0 spiro atoms. The number of ether oxygens (including phenoxy) is 1. The van der Waals surface area contributed by atoms with Crippen LogP contribution in [-0.4, -0.2) is 11.6 Å². The number of hydrogen-bond acceptors (Lipinski definition) is 3. The van der Waals surface area contributed by atoms with E-state index in [2.05, 4.69) is 17.1 Å². The summed E-state index contributed by atoms with van der Waals surface area (Å²) < 4.78 is 5.54. The zero-order valence-corrected chi connectivity index (χ0v) is 11.2. The number of pyridine rings is 1. The second kappa shape index (κ2) is 7.75. The van der Waals surface area contributed by atoms with Gasteiger partial charge >= 0.3 is 0 Å². The molecule has 0 aliphatic rings. The summed E-state index contributed by atoms with van der Waals surface area (Å²) >= 11 is 0. The number of unbranched alkanes of at least 4 members (excludes halogenated alkanes) is 1. The van der Waals surface area contributed by atoms with E-state index in [1.807, 2.05) is 42.5 Å². The minimum absolute atomic E-state index is 0.534. The summed E-state index contributed by atoms with van der Waals surface area (Å²) in [5, 5.41) is 8.44. The summed E-state index contributed by atoms with van der Waals surface area (Å²) in [5.41, 5.74) is 2.24. The molecule has 0 saturated heterocycles. The molecule has 20 heavy (non-hydrogen) atoms. The Balaban J connectivity index is 1.88. The summed E-state index contributed by atoms with van der Waals surface area (Å²) in [5.74, 6) is 0.837. The van der Waals surface area contributed by atoms with Gasteiger partial charge in [0.25, 0.3) is 0 Å². The highest BCUT2D eigenvalue weighted by Gasteiger charge is 1.94. The van der Waals surface area contributed by atoms with Crippen molar-refractivity contribution in [1.82, 2.24) is 4.98 Å². The second-order valence-corrected chi connectivity index (χ2v) is 4.29. The molecule has 0 amide bonds. The lowest BCUT2D eigenvalue weighted by molar-refractivity contribution is 0.312. The van der Waals surface area contributed by atoms with E-state index in [9.17, 15) is 0 Å². The fourth-order valence-electron chi connectivity index (χ4n) is 1.68. The Hall–Kier alpha value is -2.60. The van der Waals surface area contributed by atoms with E-state index in [1.54, 1.807) is 12.4 Å². The van der Waals surface area contributed by atoms with Crippen molar-refractivity contribution < 1.29 is 4.74 Å². The van der Waals surface area contributed by atoms with Crippen molar-refractivity contribution >= 4 is 12.2 Å². The first kappa shape index (κ1) is 13.8. The molecule has 0 bridgehead atoms. The predicted molar refractivity (Wildman–Crippen MR) is 79.9 cm³/mol. The maximum absolute atomic E-state index is 8.44. The van der Waals surface area contributed by atoms with Gasteiger partial charge in [-0.1, -0.05) is 24.3 Å². The lowest BCUT2D eigenvalue weighted by Crippen LogP contribution is -1.96. The number of nitriles is 1. The van der Waals surface area contributed by atoms with Crippen molar-refractivity contribution in [2.24, 2.45) is 0 Å². The highest BCUT2D eigenvalue weighted by molar-refractivity contribution is 5.69. The molecule has 2 rings (SSSR count). The van der Waals surface area contributed by atoms with Crippen LogP contribution in [0.15, 0.2) is 48.8 Å². The summed E-state index contributed by atoms with van der Waals surface area (Å²) in [6, 6.07) is 13.9. The van der Waals surface area contributed by atoms with E-state index < -0.39 is 0 Å². The van der Waals surface area contributed by atoms with Crippen LogP contribution < -0.4 is 4.74 Å². The van der Waals surface area contributed by atoms with Gasteiger partial charge < -0.3 is 4.74 Å². The molecule has 0 fully saturated rings. The fourth-order valence-corrected chi connectivity index (χ4v) is 1.68. The van der Waals surface area contributed by atoms with Crippen LogP contribution in [0.2, 0.25) is 0 Å². The van der Waals surface area contributed by atoms with Gasteiger partial charge in [-0.25, -0.2) is 0 Å². The predicted octanol–water partition coefficient (Wildman–Crippen LogP) is 3.93. The van der Waals surface area contributed by atoms with Crippen LogP contribution in [0.3, 0.4) is 0 Å². The molecule has 1 aromatic heterocycles. The molecule has 1 aromatic carbocycles. The monoisotopic (exact) mass is 264 g/mol. The topological polar surface area (TPSA) is 45.9 Å². The normalized spacial score (nSPS) is 10.3. The van der Waals surface area contributed by atoms with Crippen molar-refractivity contribution in [2.75, 3.05) is 6.61 Å². The van der Waals surface area contributed by atoms with Crippen molar-refractivity contribution in [2.45, 2.75) is 12.8 Å². The molecule has 0 aliphatic carbocycles. The highest BCUT2D eigenvalue weighted by atomic mass is 16.5. The number of benzene rings is 1. The van der Waals surface area contributed by atoms with Crippen LogP contribution in [0, 0.1) is 11.3 Å². The van der Waals surface area contributed by atoms with Gasteiger partial charge in [-0.3, -0.25) is 4.98 Å². The largest absolute Gasteiger partial charge is 0.494 e. The molecule has 0 N–H and O–H groups in total.